The molecule has 0 spiro atoms. The highest BCUT2D eigenvalue weighted by atomic mass is 32.2. The molecule has 0 aliphatic heterocycles. The fourth-order valence-electron chi connectivity index (χ4n) is 1.78. The fraction of sp³-hybridized carbons (Fsp3) is 0.133. The number of rotatable bonds is 4. The second kappa shape index (κ2) is 5.80. The maximum Gasteiger partial charge on any atom is 0.164 e. The Bertz CT molecular complexity index is 594. The first-order valence-electron chi connectivity index (χ1n) is 5.82. The molecule has 0 saturated carbocycles. The number of aromatic hydroxyl groups is 2. The third-order valence-corrected chi connectivity index (χ3v) is 3.87. The van der Waals surface area contributed by atoms with Crippen LogP contribution in [0.5, 0.6) is 11.5 Å². The molecule has 0 aliphatic carbocycles. The van der Waals surface area contributed by atoms with Crippen molar-refractivity contribution in [3.8, 4) is 11.5 Å². The number of hydrogen-bond donors (Lipinski definition) is 2. The van der Waals surface area contributed by atoms with Gasteiger partial charge in [-0.2, -0.15) is 0 Å². The maximum atomic E-state index is 11.6. The highest BCUT2D eigenvalue weighted by Gasteiger charge is 2.17. The van der Waals surface area contributed by atoms with E-state index in [1.54, 1.807) is 0 Å². The third-order valence-electron chi connectivity index (χ3n) is 2.69. The highest BCUT2D eigenvalue weighted by Crippen LogP contribution is 2.38. The van der Waals surface area contributed by atoms with Gasteiger partial charge in [-0.1, -0.05) is 30.3 Å². The van der Waals surface area contributed by atoms with Crippen LogP contribution < -0.4 is 0 Å². The van der Waals surface area contributed by atoms with Crippen molar-refractivity contribution in [3.05, 3.63) is 53.6 Å². The van der Waals surface area contributed by atoms with Crippen molar-refractivity contribution in [3.63, 3.8) is 0 Å². The van der Waals surface area contributed by atoms with Crippen molar-refractivity contribution >= 4 is 17.5 Å². The predicted molar refractivity (Wildman–Crippen MR) is 75.8 cm³/mol. The van der Waals surface area contributed by atoms with Crippen LogP contribution in [0, 0.1) is 0 Å². The summed E-state index contributed by atoms with van der Waals surface area (Å²) in [5.41, 5.74) is 1.27. The largest absolute Gasteiger partial charge is 0.507 e. The van der Waals surface area contributed by atoms with Crippen molar-refractivity contribution < 1.29 is 15.0 Å². The van der Waals surface area contributed by atoms with E-state index in [9.17, 15) is 15.0 Å². The maximum absolute atomic E-state index is 11.6. The van der Waals surface area contributed by atoms with Gasteiger partial charge in [0.15, 0.2) is 5.78 Å². The van der Waals surface area contributed by atoms with Crippen molar-refractivity contribution in [1.82, 2.24) is 0 Å². The molecular weight excluding hydrogens is 260 g/mol. The summed E-state index contributed by atoms with van der Waals surface area (Å²) in [6, 6.07) is 12.5. The first-order chi connectivity index (χ1) is 9.09. The summed E-state index contributed by atoms with van der Waals surface area (Å²) in [6.45, 7) is 1.38. The van der Waals surface area contributed by atoms with Gasteiger partial charge in [0.25, 0.3) is 0 Å². The Morgan fingerprint density at radius 1 is 1.05 bits per heavy atom. The second-order valence-electron chi connectivity index (χ2n) is 4.14. The van der Waals surface area contributed by atoms with Crippen molar-refractivity contribution in [2.75, 3.05) is 0 Å². The molecule has 3 nitrogen and oxygen atoms in total. The van der Waals surface area contributed by atoms with Crippen LogP contribution in [0.1, 0.15) is 22.8 Å². The summed E-state index contributed by atoms with van der Waals surface area (Å²) in [5.74, 6) is 0.284. The Morgan fingerprint density at radius 3 is 2.32 bits per heavy atom. The zero-order chi connectivity index (χ0) is 13.8. The molecule has 0 bridgehead atoms. The van der Waals surface area contributed by atoms with E-state index in [4.69, 9.17) is 0 Å². The number of phenols is 2. The minimum Gasteiger partial charge on any atom is -0.507 e. The third kappa shape index (κ3) is 3.09. The van der Waals surface area contributed by atoms with Gasteiger partial charge < -0.3 is 10.2 Å². The van der Waals surface area contributed by atoms with E-state index in [1.165, 1.54) is 30.8 Å². The molecule has 0 unspecified atom stereocenters. The summed E-state index contributed by atoms with van der Waals surface area (Å²) in [4.78, 5) is 12.0. The van der Waals surface area contributed by atoms with Gasteiger partial charge in [-0.3, -0.25) is 4.79 Å². The van der Waals surface area contributed by atoms with Gasteiger partial charge in [0.2, 0.25) is 0 Å². The number of carbonyl (C=O) groups is 1. The van der Waals surface area contributed by atoms with Gasteiger partial charge >= 0.3 is 0 Å². The van der Waals surface area contributed by atoms with Crippen LogP contribution in [-0.2, 0) is 5.75 Å². The minimum absolute atomic E-state index is 0.0175. The summed E-state index contributed by atoms with van der Waals surface area (Å²) in [5, 5.41) is 19.6. The van der Waals surface area contributed by atoms with Crippen LogP contribution >= 0.6 is 11.8 Å². The molecule has 0 atom stereocenters. The summed E-state index contributed by atoms with van der Waals surface area (Å²) < 4.78 is 0. The van der Waals surface area contributed by atoms with E-state index < -0.39 is 0 Å². The van der Waals surface area contributed by atoms with Crippen LogP contribution in [0.2, 0.25) is 0 Å². The molecule has 0 saturated heterocycles. The molecule has 0 fully saturated rings. The van der Waals surface area contributed by atoms with Crippen molar-refractivity contribution in [2.45, 2.75) is 17.6 Å². The Balaban J connectivity index is 2.29. The number of hydrogen-bond acceptors (Lipinski definition) is 4. The number of phenolic OH excluding ortho intramolecular Hbond substituents is 2. The molecule has 98 valence electrons. The Morgan fingerprint density at radius 2 is 1.68 bits per heavy atom. The summed E-state index contributed by atoms with van der Waals surface area (Å²) in [7, 11) is 0. The fourth-order valence-corrected chi connectivity index (χ4v) is 2.89. The monoisotopic (exact) mass is 274 g/mol. The van der Waals surface area contributed by atoms with Crippen LogP contribution in [0.4, 0.5) is 0 Å². The number of thioether (sulfide) groups is 1. The lowest BCUT2D eigenvalue weighted by Gasteiger charge is -2.10. The Kier molecular flexibility index (Phi) is 4.12. The zero-order valence-electron chi connectivity index (χ0n) is 10.5. The lowest BCUT2D eigenvalue weighted by molar-refractivity contribution is 0.101. The quantitative estimate of drug-likeness (QED) is 0.508. The van der Waals surface area contributed by atoms with E-state index in [0.717, 1.165) is 5.56 Å². The number of benzene rings is 2. The first kappa shape index (κ1) is 13.5. The molecule has 0 heterocycles. The van der Waals surface area contributed by atoms with Gasteiger partial charge in [0, 0.05) is 5.75 Å². The molecule has 0 aromatic heterocycles. The Hall–Kier alpha value is -1.94. The molecule has 2 N–H and O–H groups in total. The molecule has 2 aromatic rings. The van der Waals surface area contributed by atoms with Crippen LogP contribution in [-0.4, -0.2) is 16.0 Å². The smallest absolute Gasteiger partial charge is 0.164 e. The van der Waals surface area contributed by atoms with Gasteiger partial charge in [-0.15, -0.1) is 11.8 Å². The summed E-state index contributed by atoms with van der Waals surface area (Å²) >= 11 is 1.34. The topological polar surface area (TPSA) is 57.5 Å². The predicted octanol–water partition coefficient (Wildman–Crippen LogP) is 3.59. The number of Topliss-reactive ketones (excluding diaryl/α,β-unsaturated/α-hetero) is 1. The molecule has 0 amide bonds. The van der Waals surface area contributed by atoms with E-state index >= 15 is 0 Å². The molecule has 4 heteroatoms. The molecule has 19 heavy (non-hydrogen) atoms. The average Bonchev–Trinajstić information content (AvgIpc) is 2.40. The van der Waals surface area contributed by atoms with E-state index in [0.29, 0.717) is 10.6 Å². The van der Waals surface area contributed by atoms with Gasteiger partial charge in [0.1, 0.15) is 11.5 Å². The molecular formula is C15H14O3S. The van der Waals surface area contributed by atoms with E-state index in [-0.39, 0.29) is 22.8 Å². The number of carbonyl (C=O) groups excluding carboxylic acids is 1. The molecule has 0 aliphatic rings. The van der Waals surface area contributed by atoms with Gasteiger partial charge in [-0.05, 0) is 24.6 Å². The SMILES string of the molecule is CC(=O)c1c(O)ccc(O)c1SCc1ccccc1. The zero-order valence-corrected chi connectivity index (χ0v) is 11.3. The van der Waals surface area contributed by atoms with Gasteiger partial charge in [0.05, 0.1) is 10.5 Å². The van der Waals surface area contributed by atoms with E-state index in [2.05, 4.69) is 0 Å². The average molecular weight is 274 g/mol. The highest BCUT2D eigenvalue weighted by molar-refractivity contribution is 7.98. The number of ketones is 1. The van der Waals surface area contributed by atoms with E-state index in [1.807, 2.05) is 30.3 Å². The standard InChI is InChI=1S/C15H14O3S/c1-10(16)14-12(17)7-8-13(18)15(14)19-9-11-5-3-2-4-6-11/h2-8,17-18H,9H2,1H3. The van der Waals surface area contributed by atoms with Crippen LogP contribution in [0.15, 0.2) is 47.4 Å². The van der Waals surface area contributed by atoms with Gasteiger partial charge in [-0.25, -0.2) is 0 Å². The van der Waals surface area contributed by atoms with Crippen LogP contribution in [0.3, 0.4) is 0 Å². The second-order valence-corrected chi connectivity index (χ2v) is 5.12. The molecule has 0 radical (unpaired) electrons. The molecule has 2 aromatic carbocycles. The van der Waals surface area contributed by atoms with Crippen LogP contribution in [0.25, 0.3) is 0 Å². The normalized spacial score (nSPS) is 10.4. The lowest BCUT2D eigenvalue weighted by atomic mass is 10.1. The Labute approximate surface area is 115 Å². The lowest BCUT2D eigenvalue weighted by Crippen LogP contribution is -1.96. The van der Waals surface area contributed by atoms with Crippen molar-refractivity contribution in [2.24, 2.45) is 0 Å². The minimum atomic E-state index is -0.260. The first-order valence-corrected chi connectivity index (χ1v) is 6.80. The van der Waals surface area contributed by atoms with Crippen molar-refractivity contribution in [1.29, 1.82) is 0 Å². The summed E-state index contributed by atoms with van der Waals surface area (Å²) in [6.07, 6.45) is 0. The molecule has 2 rings (SSSR count).